The van der Waals surface area contributed by atoms with Crippen LogP contribution in [0.5, 0.6) is 11.6 Å². The van der Waals surface area contributed by atoms with Gasteiger partial charge in [-0.15, -0.1) is 0 Å². The Kier molecular flexibility index (Phi) is 3.56. The summed E-state index contributed by atoms with van der Waals surface area (Å²) in [7, 11) is 0. The highest BCUT2D eigenvalue weighted by molar-refractivity contribution is 6.30. The molecule has 0 fully saturated rings. The zero-order valence-electron chi connectivity index (χ0n) is 8.86. The number of aromatic nitrogens is 1. The van der Waals surface area contributed by atoms with Gasteiger partial charge in [-0.1, -0.05) is 17.7 Å². The quantitative estimate of drug-likeness (QED) is 0.913. The number of halogens is 2. The molecule has 0 spiro atoms. The molecule has 0 saturated heterocycles. The molecule has 17 heavy (non-hydrogen) atoms. The molecule has 1 aromatic heterocycles. The van der Waals surface area contributed by atoms with Gasteiger partial charge in [0, 0.05) is 18.7 Å². The molecule has 0 saturated carbocycles. The fraction of sp³-hybridized carbons (Fsp3) is 0.0833. The van der Waals surface area contributed by atoms with Gasteiger partial charge in [-0.2, -0.15) is 0 Å². The lowest BCUT2D eigenvalue weighted by atomic mass is 10.3. The Morgan fingerprint density at radius 1 is 1.29 bits per heavy atom. The molecule has 0 amide bonds. The van der Waals surface area contributed by atoms with Crippen LogP contribution in [0.1, 0.15) is 5.69 Å². The maximum atomic E-state index is 12.9. The van der Waals surface area contributed by atoms with Gasteiger partial charge in [0.2, 0.25) is 5.88 Å². The topological polar surface area (TPSA) is 48.1 Å². The monoisotopic (exact) mass is 252 g/mol. The second-order valence-electron chi connectivity index (χ2n) is 3.35. The van der Waals surface area contributed by atoms with Crippen LogP contribution in [0.25, 0.3) is 0 Å². The van der Waals surface area contributed by atoms with Gasteiger partial charge in [0.15, 0.2) is 0 Å². The number of nitrogens with zero attached hydrogens (tertiary/aromatic N) is 1. The van der Waals surface area contributed by atoms with Gasteiger partial charge in [-0.3, -0.25) is 0 Å². The Bertz CT molecular complexity index is 534. The van der Waals surface area contributed by atoms with E-state index in [1.54, 1.807) is 18.2 Å². The molecule has 1 heterocycles. The highest BCUT2D eigenvalue weighted by atomic mass is 35.5. The predicted octanol–water partition coefficient (Wildman–Crippen LogP) is 3.13. The Labute approximate surface area is 103 Å². The van der Waals surface area contributed by atoms with Crippen molar-refractivity contribution in [1.29, 1.82) is 0 Å². The summed E-state index contributed by atoms with van der Waals surface area (Å²) >= 11 is 5.64. The van der Waals surface area contributed by atoms with Crippen molar-refractivity contribution in [3.63, 3.8) is 0 Å². The molecule has 0 unspecified atom stereocenters. The van der Waals surface area contributed by atoms with Gasteiger partial charge >= 0.3 is 0 Å². The summed E-state index contributed by atoms with van der Waals surface area (Å²) in [4.78, 5) is 4.15. The van der Waals surface area contributed by atoms with Crippen LogP contribution in [0.3, 0.4) is 0 Å². The lowest BCUT2D eigenvalue weighted by Crippen LogP contribution is -2.00. The van der Waals surface area contributed by atoms with E-state index in [1.807, 2.05) is 0 Å². The van der Waals surface area contributed by atoms with E-state index < -0.39 is 5.82 Å². The highest BCUT2D eigenvalue weighted by Gasteiger charge is 2.04. The van der Waals surface area contributed by atoms with E-state index in [0.717, 1.165) is 5.69 Å². The first-order chi connectivity index (χ1) is 8.19. The van der Waals surface area contributed by atoms with Crippen molar-refractivity contribution < 1.29 is 9.13 Å². The smallest absolute Gasteiger partial charge is 0.219 e. The first kappa shape index (κ1) is 11.8. The number of ether oxygens (including phenoxy) is 1. The Morgan fingerprint density at radius 3 is 2.82 bits per heavy atom. The molecule has 2 N–H and O–H groups in total. The van der Waals surface area contributed by atoms with E-state index in [9.17, 15) is 4.39 Å². The molecule has 0 atom stereocenters. The van der Waals surface area contributed by atoms with E-state index in [2.05, 4.69) is 4.98 Å². The van der Waals surface area contributed by atoms with Gasteiger partial charge in [0.25, 0.3) is 0 Å². The third kappa shape index (κ3) is 2.93. The van der Waals surface area contributed by atoms with Crippen LogP contribution in [-0.2, 0) is 6.54 Å². The minimum absolute atomic E-state index is 0.0116. The van der Waals surface area contributed by atoms with Crippen molar-refractivity contribution in [2.45, 2.75) is 6.54 Å². The largest absolute Gasteiger partial charge is 0.439 e. The molecule has 0 aliphatic carbocycles. The van der Waals surface area contributed by atoms with Gasteiger partial charge in [0.05, 0.1) is 10.7 Å². The van der Waals surface area contributed by atoms with E-state index in [1.165, 1.54) is 18.2 Å². The van der Waals surface area contributed by atoms with Gasteiger partial charge < -0.3 is 10.5 Å². The van der Waals surface area contributed by atoms with Gasteiger partial charge in [-0.25, -0.2) is 9.37 Å². The first-order valence-electron chi connectivity index (χ1n) is 4.98. The van der Waals surface area contributed by atoms with Gasteiger partial charge in [-0.05, 0) is 18.2 Å². The molecule has 3 nitrogen and oxygen atoms in total. The molecular formula is C12H10ClFN2O. The lowest BCUT2D eigenvalue weighted by molar-refractivity contribution is 0.459. The third-order valence-corrected chi connectivity index (χ3v) is 2.39. The second kappa shape index (κ2) is 5.12. The van der Waals surface area contributed by atoms with Crippen LogP contribution in [0, 0.1) is 5.82 Å². The third-order valence-electron chi connectivity index (χ3n) is 2.10. The average Bonchev–Trinajstić information content (AvgIpc) is 2.34. The minimum atomic E-state index is -0.484. The zero-order valence-corrected chi connectivity index (χ0v) is 9.62. The van der Waals surface area contributed by atoms with Crippen LogP contribution in [0.2, 0.25) is 5.02 Å². The maximum Gasteiger partial charge on any atom is 0.219 e. The normalized spacial score (nSPS) is 10.3. The summed E-state index contributed by atoms with van der Waals surface area (Å²) in [5, 5.41) is 0.0116. The maximum absolute atomic E-state index is 12.9. The molecule has 5 heteroatoms. The van der Waals surface area contributed by atoms with Crippen molar-refractivity contribution in [2.24, 2.45) is 5.73 Å². The summed E-state index contributed by atoms with van der Waals surface area (Å²) in [6, 6.07) is 9.40. The van der Waals surface area contributed by atoms with Gasteiger partial charge in [0.1, 0.15) is 11.6 Å². The Balaban J connectivity index is 2.22. The van der Waals surface area contributed by atoms with Crippen LogP contribution >= 0.6 is 11.6 Å². The number of nitrogens with two attached hydrogens (primary N) is 1. The molecule has 88 valence electrons. The fourth-order valence-corrected chi connectivity index (χ4v) is 1.46. The number of hydrogen-bond donors (Lipinski definition) is 1. The molecule has 0 bridgehead atoms. The summed E-state index contributed by atoms with van der Waals surface area (Å²) < 4.78 is 18.4. The molecule has 2 aromatic rings. The van der Waals surface area contributed by atoms with E-state index in [4.69, 9.17) is 22.1 Å². The van der Waals surface area contributed by atoms with Crippen LogP contribution in [-0.4, -0.2) is 4.98 Å². The van der Waals surface area contributed by atoms with Crippen molar-refractivity contribution in [1.82, 2.24) is 4.98 Å². The molecule has 1 aromatic carbocycles. The summed E-state index contributed by atoms with van der Waals surface area (Å²) in [5.41, 5.74) is 6.19. The first-order valence-corrected chi connectivity index (χ1v) is 5.36. The second-order valence-corrected chi connectivity index (χ2v) is 3.76. The van der Waals surface area contributed by atoms with Crippen molar-refractivity contribution >= 4 is 11.6 Å². The number of rotatable bonds is 3. The average molecular weight is 253 g/mol. The Hall–Kier alpha value is -1.65. The standard InChI is InChI=1S/C12H10ClFN2O/c13-10-6-9(4-5-11(10)14)17-12-3-1-2-8(7-15)16-12/h1-6H,7,15H2. The summed E-state index contributed by atoms with van der Waals surface area (Å²) in [6.07, 6.45) is 0. The summed E-state index contributed by atoms with van der Waals surface area (Å²) in [6.45, 7) is 0.335. The number of hydrogen-bond acceptors (Lipinski definition) is 3. The van der Waals surface area contributed by atoms with E-state index in [0.29, 0.717) is 18.2 Å². The Morgan fingerprint density at radius 2 is 2.12 bits per heavy atom. The summed E-state index contributed by atoms with van der Waals surface area (Å²) in [5.74, 6) is 0.344. The molecular weight excluding hydrogens is 243 g/mol. The lowest BCUT2D eigenvalue weighted by Gasteiger charge is -2.06. The van der Waals surface area contributed by atoms with E-state index in [-0.39, 0.29) is 5.02 Å². The SMILES string of the molecule is NCc1cccc(Oc2ccc(F)c(Cl)c2)n1. The molecule has 2 rings (SSSR count). The minimum Gasteiger partial charge on any atom is -0.439 e. The number of pyridine rings is 1. The molecule has 0 aliphatic heterocycles. The van der Waals surface area contributed by atoms with Crippen LogP contribution < -0.4 is 10.5 Å². The van der Waals surface area contributed by atoms with E-state index >= 15 is 0 Å². The number of benzene rings is 1. The fourth-order valence-electron chi connectivity index (χ4n) is 1.29. The van der Waals surface area contributed by atoms with Crippen molar-refractivity contribution in [3.8, 4) is 11.6 Å². The van der Waals surface area contributed by atoms with Crippen LogP contribution in [0.15, 0.2) is 36.4 Å². The highest BCUT2D eigenvalue weighted by Crippen LogP contribution is 2.24. The zero-order chi connectivity index (χ0) is 12.3. The van der Waals surface area contributed by atoms with Crippen molar-refractivity contribution in [2.75, 3.05) is 0 Å². The van der Waals surface area contributed by atoms with Crippen LogP contribution in [0.4, 0.5) is 4.39 Å². The molecule has 0 radical (unpaired) electrons. The predicted molar refractivity (Wildman–Crippen MR) is 63.6 cm³/mol. The molecule has 0 aliphatic rings. The van der Waals surface area contributed by atoms with Crippen molar-refractivity contribution in [3.05, 3.63) is 52.9 Å².